The summed E-state index contributed by atoms with van der Waals surface area (Å²) in [6.07, 6.45) is 6.38. The number of para-hydroxylation sites is 1. The maximum atomic E-state index is 12.7. The van der Waals surface area contributed by atoms with Crippen LogP contribution in [0.1, 0.15) is 29.6 Å². The Morgan fingerprint density at radius 3 is 2.52 bits per heavy atom. The number of anilines is 2. The third kappa shape index (κ3) is 4.54. The Labute approximate surface area is 148 Å². The van der Waals surface area contributed by atoms with E-state index in [9.17, 15) is 4.79 Å². The lowest BCUT2D eigenvalue weighted by molar-refractivity contribution is 0.0758. The molecule has 1 atom stereocenters. The molecular formula is C19H25N5O. The van der Waals surface area contributed by atoms with Gasteiger partial charge in [0.05, 0.1) is 5.56 Å². The van der Waals surface area contributed by atoms with Crippen LogP contribution in [-0.4, -0.2) is 58.9 Å². The van der Waals surface area contributed by atoms with Crippen molar-refractivity contribution in [2.45, 2.75) is 25.3 Å². The van der Waals surface area contributed by atoms with Gasteiger partial charge in [-0.05, 0) is 45.5 Å². The molecule has 1 aliphatic rings. The number of benzene rings is 1. The largest absolute Gasteiger partial charge is 0.338 e. The highest BCUT2D eigenvalue weighted by molar-refractivity contribution is 5.93. The van der Waals surface area contributed by atoms with E-state index in [1.807, 2.05) is 35.2 Å². The van der Waals surface area contributed by atoms with E-state index in [0.29, 0.717) is 17.6 Å². The molecule has 0 spiro atoms. The van der Waals surface area contributed by atoms with Gasteiger partial charge in [0.15, 0.2) is 0 Å². The molecule has 1 saturated heterocycles. The monoisotopic (exact) mass is 339 g/mol. The highest BCUT2D eigenvalue weighted by atomic mass is 16.2. The number of carbonyl (C=O) groups excluding carboxylic acids is 1. The molecule has 2 heterocycles. The molecule has 1 aromatic heterocycles. The molecule has 132 valence electrons. The zero-order valence-corrected chi connectivity index (χ0v) is 14.9. The first-order valence-corrected chi connectivity index (χ1v) is 8.73. The normalized spacial score (nSPS) is 18.0. The Morgan fingerprint density at radius 1 is 1.12 bits per heavy atom. The number of amides is 1. The summed E-state index contributed by atoms with van der Waals surface area (Å²) in [4.78, 5) is 25.4. The first-order chi connectivity index (χ1) is 12.1. The van der Waals surface area contributed by atoms with Crippen LogP contribution in [0.5, 0.6) is 0 Å². The van der Waals surface area contributed by atoms with Crippen LogP contribution < -0.4 is 5.32 Å². The highest BCUT2D eigenvalue weighted by Crippen LogP contribution is 2.17. The number of rotatable bonds is 4. The van der Waals surface area contributed by atoms with Gasteiger partial charge in [-0.2, -0.15) is 0 Å². The van der Waals surface area contributed by atoms with Crippen LogP contribution >= 0.6 is 0 Å². The lowest BCUT2D eigenvalue weighted by atomic mass is 10.1. The number of carbonyl (C=O) groups is 1. The second kappa shape index (κ2) is 8.07. The molecule has 0 unspecified atom stereocenters. The van der Waals surface area contributed by atoms with Gasteiger partial charge in [0.1, 0.15) is 0 Å². The predicted octanol–water partition coefficient (Wildman–Crippen LogP) is 2.78. The summed E-state index contributed by atoms with van der Waals surface area (Å²) < 4.78 is 0. The van der Waals surface area contributed by atoms with Gasteiger partial charge in [0, 0.05) is 37.2 Å². The highest BCUT2D eigenvalue weighted by Gasteiger charge is 2.22. The molecule has 0 aliphatic carbocycles. The fraction of sp³-hybridized carbons (Fsp3) is 0.421. The summed E-state index contributed by atoms with van der Waals surface area (Å²) in [5, 5.41) is 3.13. The molecular weight excluding hydrogens is 314 g/mol. The van der Waals surface area contributed by atoms with Gasteiger partial charge in [-0.25, -0.2) is 9.97 Å². The molecule has 1 aliphatic heterocycles. The Kier molecular flexibility index (Phi) is 5.60. The Balaban J connectivity index is 1.62. The van der Waals surface area contributed by atoms with Gasteiger partial charge in [-0.1, -0.05) is 18.2 Å². The average Bonchev–Trinajstić information content (AvgIpc) is 2.89. The molecule has 3 rings (SSSR count). The van der Waals surface area contributed by atoms with Crippen LogP contribution in [0.25, 0.3) is 0 Å². The first kappa shape index (κ1) is 17.4. The summed E-state index contributed by atoms with van der Waals surface area (Å²) in [5.41, 5.74) is 1.46. The summed E-state index contributed by atoms with van der Waals surface area (Å²) in [6.45, 7) is 1.58. The van der Waals surface area contributed by atoms with Gasteiger partial charge < -0.3 is 15.1 Å². The summed E-state index contributed by atoms with van der Waals surface area (Å²) in [7, 11) is 4.21. The van der Waals surface area contributed by atoms with Crippen molar-refractivity contribution in [3.8, 4) is 0 Å². The van der Waals surface area contributed by atoms with Crippen LogP contribution in [0.4, 0.5) is 11.6 Å². The molecule has 1 fully saturated rings. The fourth-order valence-electron chi connectivity index (χ4n) is 3.13. The predicted molar refractivity (Wildman–Crippen MR) is 99.0 cm³/mol. The van der Waals surface area contributed by atoms with Crippen LogP contribution in [0, 0.1) is 0 Å². The second-order valence-corrected chi connectivity index (χ2v) is 6.63. The molecule has 25 heavy (non-hydrogen) atoms. The molecule has 1 N–H and O–H groups in total. The van der Waals surface area contributed by atoms with E-state index in [1.165, 1.54) is 0 Å². The van der Waals surface area contributed by atoms with E-state index < -0.39 is 0 Å². The van der Waals surface area contributed by atoms with Gasteiger partial charge >= 0.3 is 0 Å². The third-order valence-electron chi connectivity index (χ3n) is 4.64. The second-order valence-electron chi connectivity index (χ2n) is 6.63. The van der Waals surface area contributed by atoms with Crippen molar-refractivity contribution in [1.82, 2.24) is 19.8 Å². The minimum atomic E-state index is 0.0191. The molecule has 0 saturated carbocycles. The van der Waals surface area contributed by atoms with Crippen molar-refractivity contribution < 1.29 is 4.79 Å². The topological polar surface area (TPSA) is 61.4 Å². The molecule has 6 heteroatoms. The maximum absolute atomic E-state index is 12.7. The van der Waals surface area contributed by atoms with Crippen LogP contribution in [0.15, 0.2) is 42.7 Å². The lowest BCUT2D eigenvalue weighted by Gasteiger charge is -2.23. The number of nitrogens with one attached hydrogen (secondary N) is 1. The van der Waals surface area contributed by atoms with E-state index in [1.54, 1.807) is 12.4 Å². The van der Waals surface area contributed by atoms with Crippen LogP contribution in [0.3, 0.4) is 0 Å². The number of hydrogen-bond donors (Lipinski definition) is 1. The fourth-order valence-corrected chi connectivity index (χ4v) is 3.13. The SMILES string of the molecule is CN(C)[C@@H]1CCCN(C(=O)c2cnc(Nc3ccccc3)nc2)CC1. The van der Waals surface area contributed by atoms with Crippen molar-refractivity contribution in [2.24, 2.45) is 0 Å². The van der Waals surface area contributed by atoms with Gasteiger partial charge in [-0.3, -0.25) is 4.79 Å². The third-order valence-corrected chi connectivity index (χ3v) is 4.64. The zero-order valence-electron chi connectivity index (χ0n) is 14.9. The Hall–Kier alpha value is -2.47. The standard InChI is InChI=1S/C19H25N5O/c1-23(2)17-9-6-11-24(12-10-17)18(25)15-13-20-19(21-14-15)22-16-7-4-3-5-8-16/h3-5,7-8,13-14,17H,6,9-12H2,1-2H3,(H,20,21,22)/t17-/m1/s1. The Bertz CT molecular complexity index is 687. The van der Waals surface area contributed by atoms with Gasteiger partial charge in [0.25, 0.3) is 5.91 Å². The van der Waals surface area contributed by atoms with Gasteiger partial charge in [-0.15, -0.1) is 0 Å². The minimum Gasteiger partial charge on any atom is -0.338 e. The van der Waals surface area contributed by atoms with E-state index in [2.05, 4.69) is 34.3 Å². The Morgan fingerprint density at radius 2 is 1.84 bits per heavy atom. The zero-order chi connectivity index (χ0) is 17.6. The molecule has 1 amide bonds. The van der Waals surface area contributed by atoms with Crippen molar-refractivity contribution >= 4 is 17.5 Å². The first-order valence-electron chi connectivity index (χ1n) is 8.73. The van der Waals surface area contributed by atoms with Crippen LogP contribution in [0.2, 0.25) is 0 Å². The summed E-state index contributed by atoms with van der Waals surface area (Å²) in [5.74, 6) is 0.511. The lowest BCUT2D eigenvalue weighted by Crippen LogP contribution is -2.34. The number of likely N-dealkylation sites (tertiary alicyclic amines) is 1. The molecule has 0 radical (unpaired) electrons. The van der Waals surface area contributed by atoms with E-state index in [4.69, 9.17) is 0 Å². The van der Waals surface area contributed by atoms with Gasteiger partial charge in [0.2, 0.25) is 5.95 Å². The van der Waals surface area contributed by atoms with E-state index >= 15 is 0 Å². The summed E-state index contributed by atoms with van der Waals surface area (Å²) in [6, 6.07) is 10.3. The number of nitrogens with zero attached hydrogens (tertiary/aromatic N) is 4. The van der Waals surface area contributed by atoms with Crippen molar-refractivity contribution in [3.63, 3.8) is 0 Å². The van der Waals surface area contributed by atoms with Crippen molar-refractivity contribution in [1.29, 1.82) is 0 Å². The number of hydrogen-bond acceptors (Lipinski definition) is 5. The van der Waals surface area contributed by atoms with E-state index in [0.717, 1.165) is 38.0 Å². The quantitative estimate of drug-likeness (QED) is 0.928. The summed E-state index contributed by atoms with van der Waals surface area (Å²) >= 11 is 0. The minimum absolute atomic E-state index is 0.0191. The van der Waals surface area contributed by atoms with E-state index in [-0.39, 0.29) is 5.91 Å². The maximum Gasteiger partial charge on any atom is 0.256 e. The van der Waals surface area contributed by atoms with Crippen molar-refractivity contribution in [3.05, 3.63) is 48.3 Å². The smallest absolute Gasteiger partial charge is 0.256 e. The van der Waals surface area contributed by atoms with Crippen LogP contribution in [-0.2, 0) is 0 Å². The average molecular weight is 339 g/mol. The molecule has 6 nitrogen and oxygen atoms in total. The van der Waals surface area contributed by atoms with Crippen molar-refractivity contribution in [2.75, 3.05) is 32.5 Å². The molecule has 2 aromatic rings. The molecule has 1 aromatic carbocycles. The number of aromatic nitrogens is 2. The molecule has 0 bridgehead atoms.